The zero-order chi connectivity index (χ0) is 15.2. The van der Waals surface area contributed by atoms with Gasteiger partial charge in [0, 0.05) is 32.2 Å². The van der Waals surface area contributed by atoms with Crippen molar-refractivity contribution in [1.29, 1.82) is 0 Å². The number of nitrogens with one attached hydrogen (secondary N) is 3. The van der Waals surface area contributed by atoms with E-state index in [1.165, 1.54) is 12.1 Å². The highest BCUT2D eigenvalue weighted by Crippen LogP contribution is 2.10. The Hall–Kier alpha value is -2.22. The topological polar surface area (TPSA) is 107 Å². The lowest BCUT2D eigenvalue weighted by Gasteiger charge is -2.31. The first kappa shape index (κ1) is 15.2. The van der Waals surface area contributed by atoms with Gasteiger partial charge in [-0.15, -0.1) is 0 Å². The van der Waals surface area contributed by atoms with Crippen molar-refractivity contribution in [3.63, 3.8) is 0 Å². The number of carbonyl (C=O) groups excluding carboxylic acids is 2. The number of aromatic nitrogens is 2. The highest BCUT2D eigenvalue weighted by Gasteiger charge is 2.22. The molecule has 8 nitrogen and oxygen atoms in total. The Morgan fingerprint density at radius 2 is 2.10 bits per heavy atom. The second kappa shape index (κ2) is 6.98. The molecule has 0 saturated carbocycles. The molecule has 0 atom stereocenters. The van der Waals surface area contributed by atoms with E-state index in [9.17, 15) is 14.4 Å². The van der Waals surface area contributed by atoms with Crippen molar-refractivity contribution in [2.24, 2.45) is 0 Å². The van der Waals surface area contributed by atoms with Gasteiger partial charge in [-0.05, 0) is 18.9 Å². The van der Waals surface area contributed by atoms with Gasteiger partial charge in [0.15, 0.2) is 0 Å². The van der Waals surface area contributed by atoms with Gasteiger partial charge in [-0.1, -0.05) is 0 Å². The third-order valence-corrected chi connectivity index (χ3v) is 3.48. The molecule has 2 rings (SSSR count). The van der Waals surface area contributed by atoms with E-state index in [1.54, 1.807) is 7.05 Å². The van der Waals surface area contributed by atoms with Gasteiger partial charge in [0.1, 0.15) is 5.69 Å². The maximum Gasteiger partial charge on any atom is 0.271 e. The van der Waals surface area contributed by atoms with Gasteiger partial charge in [0.2, 0.25) is 5.91 Å². The van der Waals surface area contributed by atoms with Crippen molar-refractivity contribution in [3.05, 3.63) is 28.2 Å². The first-order valence-corrected chi connectivity index (χ1v) is 6.88. The van der Waals surface area contributed by atoms with E-state index in [2.05, 4.69) is 25.7 Å². The minimum Gasteiger partial charge on any atom is -0.358 e. The quantitative estimate of drug-likeness (QED) is 0.640. The Balaban J connectivity index is 1.80. The molecule has 1 aromatic heterocycles. The van der Waals surface area contributed by atoms with Crippen LogP contribution in [0.1, 0.15) is 23.3 Å². The van der Waals surface area contributed by atoms with E-state index in [-0.39, 0.29) is 29.1 Å². The van der Waals surface area contributed by atoms with Gasteiger partial charge >= 0.3 is 0 Å². The Labute approximate surface area is 121 Å². The van der Waals surface area contributed by atoms with E-state index in [1.807, 2.05) is 0 Å². The molecule has 0 radical (unpaired) electrons. The van der Waals surface area contributed by atoms with Crippen molar-refractivity contribution >= 4 is 11.8 Å². The van der Waals surface area contributed by atoms with Gasteiger partial charge in [0.25, 0.3) is 11.5 Å². The summed E-state index contributed by atoms with van der Waals surface area (Å²) in [6.07, 6.45) is 1.57. The van der Waals surface area contributed by atoms with Gasteiger partial charge in [0.05, 0.1) is 6.54 Å². The molecule has 2 heterocycles. The number of likely N-dealkylation sites (N-methyl/N-ethyl adjacent to an activating group) is 1. The van der Waals surface area contributed by atoms with Crippen LogP contribution in [-0.4, -0.2) is 59.6 Å². The summed E-state index contributed by atoms with van der Waals surface area (Å²) < 4.78 is 0. The number of aromatic amines is 1. The fraction of sp³-hybridized carbons (Fsp3) is 0.538. The van der Waals surface area contributed by atoms with Crippen LogP contribution >= 0.6 is 0 Å². The number of piperidine rings is 1. The van der Waals surface area contributed by atoms with Crippen molar-refractivity contribution < 1.29 is 9.59 Å². The van der Waals surface area contributed by atoms with Gasteiger partial charge < -0.3 is 10.6 Å². The average molecular weight is 293 g/mol. The summed E-state index contributed by atoms with van der Waals surface area (Å²) in [5.41, 5.74) is -0.142. The first-order valence-electron chi connectivity index (χ1n) is 6.88. The number of nitrogens with zero attached hydrogens (tertiary/aromatic N) is 2. The van der Waals surface area contributed by atoms with E-state index in [4.69, 9.17) is 0 Å². The smallest absolute Gasteiger partial charge is 0.271 e. The van der Waals surface area contributed by atoms with E-state index >= 15 is 0 Å². The Kier molecular flexibility index (Phi) is 5.04. The highest BCUT2D eigenvalue weighted by atomic mass is 16.2. The normalized spacial score (nSPS) is 16.4. The van der Waals surface area contributed by atoms with E-state index in [0.717, 1.165) is 25.9 Å². The molecule has 1 aromatic rings. The van der Waals surface area contributed by atoms with Crippen molar-refractivity contribution in [2.75, 3.05) is 26.7 Å². The Bertz CT molecular complexity index is 543. The number of rotatable bonds is 4. The minimum absolute atomic E-state index is 0.00470. The largest absolute Gasteiger partial charge is 0.358 e. The third kappa shape index (κ3) is 4.38. The standard InChI is InChI=1S/C13H19N5O3/c1-14-12(20)8-18-6-4-9(5-7-18)15-13(21)10-2-3-11(19)17-16-10/h2-3,9H,4-8H2,1H3,(H,14,20)(H,15,21)(H,17,19). The molecule has 2 amide bonds. The Morgan fingerprint density at radius 1 is 1.38 bits per heavy atom. The molecule has 0 spiro atoms. The summed E-state index contributed by atoms with van der Waals surface area (Å²) in [5.74, 6) is -0.300. The zero-order valence-electron chi connectivity index (χ0n) is 11.9. The van der Waals surface area contributed by atoms with Crippen LogP contribution in [0.3, 0.4) is 0 Å². The fourth-order valence-corrected chi connectivity index (χ4v) is 2.25. The summed E-state index contributed by atoms with van der Waals surface area (Å²) in [6.45, 7) is 1.91. The molecule has 0 unspecified atom stereocenters. The molecule has 0 bridgehead atoms. The van der Waals surface area contributed by atoms with Crippen LogP contribution in [0.4, 0.5) is 0 Å². The van der Waals surface area contributed by atoms with Gasteiger partial charge in [-0.25, -0.2) is 5.10 Å². The van der Waals surface area contributed by atoms with Crippen LogP contribution < -0.4 is 16.2 Å². The van der Waals surface area contributed by atoms with Crippen LogP contribution in [-0.2, 0) is 4.79 Å². The maximum absolute atomic E-state index is 12.0. The Morgan fingerprint density at radius 3 is 2.67 bits per heavy atom. The molecular weight excluding hydrogens is 274 g/mol. The molecule has 8 heteroatoms. The lowest BCUT2D eigenvalue weighted by atomic mass is 10.0. The number of amides is 2. The number of carbonyl (C=O) groups is 2. The lowest BCUT2D eigenvalue weighted by molar-refractivity contribution is -0.122. The molecule has 0 aromatic carbocycles. The van der Waals surface area contributed by atoms with Crippen molar-refractivity contribution in [2.45, 2.75) is 18.9 Å². The second-order valence-corrected chi connectivity index (χ2v) is 5.00. The maximum atomic E-state index is 12.0. The van der Waals surface area contributed by atoms with Crippen LogP contribution in [0.15, 0.2) is 16.9 Å². The summed E-state index contributed by atoms with van der Waals surface area (Å²) in [4.78, 5) is 36.2. The molecule has 0 aliphatic carbocycles. The van der Waals surface area contributed by atoms with Crippen LogP contribution in [0.2, 0.25) is 0 Å². The monoisotopic (exact) mass is 293 g/mol. The van der Waals surface area contributed by atoms with Crippen LogP contribution in [0.5, 0.6) is 0 Å². The summed E-state index contributed by atoms with van der Waals surface area (Å²) >= 11 is 0. The molecule has 1 fully saturated rings. The number of likely N-dealkylation sites (tertiary alicyclic amines) is 1. The average Bonchev–Trinajstić information content (AvgIpc) is 2.49. The van der Waals surface area contributed by atoms with Crippen molar-refractivity contribution in [3.8, 4) is 0 Å². The fourth-order valence-electron chi connectivity index (χ4n) is 2.25. The van der Waals surface area contributed by atoms with Crippen LogP contribution in [0.25, 0.3) is 0 Å². The summed E-state index contributed by atoms with van der Waals surface area (Å²) in [6, 6.07) is 2.73. The summed E-state index contributed by atoms with van der Waals surface area (Å²) in [5, 5.41) is 11.4. The third-order valence-electron chi connectivity index (χ3n) is 3.48. The number of hydrogen-bond acceptors (Lipinski definition) is 5. The molecule has 114 valence electrons. The molecule has 3 N–H and O–H groups in total. The second-order valence-electron chi connectivity index (χ2n) is 5.00. The lowest BCUT2D eigenvalue weighted by Crippen LogP contribution is -2.47. The zero-order valence-corrected chi connectivity index (χ0v) is 11.9. The number of H-pyrrole nitrogens is 1. The van der Waals surface area contributed by atoms with E-state index < -0.39 is 0 Å². The van der Waals surface area contributed by atoms with Gasteiger partial charge in [-0.3, -0.25) is 19.3 Å². The predicted molar refractivity (Wildman–Crippen MR) is 75.9 cm³/mol. The minimum atomic E-state index is -0.339. The highest BCUT2D eigenvalue weighted by molar-refractivity contribution is 5.92. The predicted octanol–water partition coefficient (Wildman–Crippen LogP) is -1.29. The van der Waals surface area contributed by atoms with Gasteiger partial charge in [-0.2, -0.15) is 5.10 Å². The molecule has 1 aliphatic rings. The molecule has 1 aliphatic heterocycles. The van der Waals surface area contributed by atoms with Crippen LogP contribution in [0, 0.1) is 0 Å². The first-order chi connectivity index (χ1) is 10.1. The molecular formula is C13H19N5O3. The van der Waals surface area contributed by atoms with E-state index in [0.29, 0.717) is 6.54 Å². The molecule has 21 heavy (non-hydrogen) atoms. The molecule has 1 saturated heterocycles. The SMILES string of the molecule is CNC(=O)CN1CCC(NC(=O)c2ccc(=O)[nH]n2)CC1. The van der Waals surface area contributed by atoms with Crippen molar-refractivity contribution in [1.82, 2.24) is 25.7 Å². The summed E-state index contributed by atoms with van der Waals surface area (Å²) in [7, 11) is 1.62. The number of hydrogen-bond donors (Lipinski definition) is 3.